The molecular formula is C30H30N4O6. The lowest BCUT2D eigenvalue weighted by molar-refractivity contribution is -0.139. The molecular weight excluding hydrogens is 512 g/mol. The van der Waals surface area contributed by atoms with E-state index in [1.807, 2.05) is 12.1 Å². The van der Waals surface area contributed by atoms with E-state index in [2.05, 4.69) is 20.6 Å². The van der Waals surface area contributed by atoms with Crippen LogP contribution in [0.25, 0.3) is 0 Å². The Balaban J connectivity index is 0.000000235. The highest BCUT2D eigenvalue weighted by Gasteiger charge is 2.12. The third kappa shape index (κ3) is 10.9. The van der Waals surface area contributed by atoms with Gasteiger partial charge in [-0.05, 0) is 72.5 Å². The van der Waals surface area contributed by atoms with Gasteiger partial charge in [0, 0.05) is 37.9 Å². The first-order valence-electron chi connectivity index (χ1n) is 12.1. The Morgan fingerprint density at radius 1 is 0.575 bits per heavy atom. The number of aryl methyl sites for hydroxylation is 2. The number of benzene rings is 2. The lowest BCUT2D eigenvalue weighted by Gasteiger charge is -2.06. The fraction of sp³-hybridized carbons (Fsp3) is 0.133. The molecule has 40 heavy (non-hydrogen) atoms. The molecule has 0 aliphatic rings. The number of hydrogen-bond donors (Lipinski definition) is 4. The van der Waals surface area contributed by atoms with Gasteiger partial charge in [-0.15, -0.1) is 0 Å². The van der Waals surface area contributed by atoms with E-state index < -0.39 is 23.8 Å². The van der Waals surface area contributed by atoms with Crippen LogP contribution in [0.2, 0.25) is 0 Å². The standard InChI is InChI=1S/C14H14N4O2.2C8H8O2/c19-13(17-9-11-1-5-15-6-2-11)14(20)18-10-12-3-7-16-8-4-12;2*1-6-4-2-3-5-7(6)8(9)10/h1-8H,9-10H2,(H,17,19)(H,18,20);2*2-5H,1H3,(H,9,10). The number of carboxylic acids is 2. The van der Waals surface area contributed by atoms with Crippen LogP contribution in [-0.2, 0) is 22.7 Å². The third-order valence-electron chi connectivity index (χ3n) is 5.36. The van der Waals surface area contributed by atoms with Crippen molar-refractivity contribution in [2.45, 2.75) is 26.9 Å². The van der Waals surface area contributed by atoms with Crippen LogP contribution in [0.1, 0.15) is 43.0 Å². The van der Waals surface area contributed by atoms with E-state index in [0.717, 1.165) is 22.3 Å². The molecule has 0 fully saturated rings. The molecule has 10 heteroatoms. The van der Waals surface area contributed by atoms with E-state index >= 15 is 0 Å². The van der Waals surface area contributed by atoms with Crippen LogP contribution in [0.3, 0.4) is 0 Å². The Bertz CT molecular complexity index is 1300. The van der Waals surface area contributed by atoms with Crippen LogP contribution < -0.4 is 10.6 Å². The van der Waals surface area contributed by atoms with E-state index in [4.69, 9.17) is 10.2 Å². The summed E-state index contributed by atoms with van der Waals surface area (Å²) in [7, 11) is 0. The number of carboxylic acid groups (broad SMARTS) is 2. The quantitative estimate of drug-likeness (QED) is 0.268. The minimum Gasteiger partial charge on any atom is -0.478 e. The molecule has 2 heterocycles. The first-order valence-corrected chi connectivity index (χ1v) is 12.1. The average molecular weight is 543 g/mol. The van der Waals surface area contributed by atoms with Crippen LogP contribution in [0, 0.1) is 13.8 Å². The summed E-state index contributed by atoms with van der Waals surface area (Å²) in [5.41, 5.74) is 4.13. The number of pyridine rings is 2. The Morgan fingerprint density at radius 2 is 0.900 bits per heavy atom. The van der Waals surface area contributed by atoms with Crippen molar-refractivity contribution in [1.82, 2.24) is 20.6 Å². The van der Waals surface area contributed by atoms with Gasteiger partial charge in [-0.2, -0.15) is 0 Å². The van der Waals surface area contributed by atoms with E-state index in [1.54, 1.807) is 99.3 Å². The average Bonchev–Trinajstić information content (AvgIpc) is 2.96. The summed E-state index contributed by atoms with van der Waals surface area (Å²) < 4.78 is 0. The van der Waals surface area contributed by atoms with Crippen molar-refractivity contribution in [3.05, 3.63) is 131 Å². The molecule has 0 saturated carbocycles. The van der Waals surface area contributed by atoms with Gasteiger partial charge < -0.3 is 20.8 Å². The van der Waals surface area contributed by atoms with Crippen molar-refractivity contribution in [2.24, 2.45) is 0 Å². The van der Waals surface area contributed by atoms with Crippen molar-refractivity contribution in [1.29, 1.82) is 0 Å². The lowest BCUT2D eigenvalue weighted by Crippen LogP contribution is -2.39. The van der Waals surface area contributed by atoms with Crippen LogP contribution in [0.5, 0.6) is 0 Å². The number of aromatic carboxylic acids is 2. The molecule has 0 atom stereocenters. The van der Waals surface area contributed by atoms with Crippen molar-refractivity contribution >= 4 is 23.8 Å². The number of aromatic nitrogens is 2. The van der Waals surface area contributed by atoms with Crippen molar-refractivity contribution < 1.29 is 29.4 Å². The molecule has 2 amide bonds. The summed E-state index contributed by atoms with van der Waals surface area (Å²) in [6, 6.07) is 20.9. The number of carbonyl (C=O) groups is 4. The Morgan fingerprint density at radius 3 is 1.18 bits per heavy atom. The molecule has 4 rings (SSSR count). The molecule has 0 aliphatic carbocycles. The highest BCUT2D eigenvalue weighted by Crippen LogP contribution is 2.06. The Kier molecular flexibility index (Phi) is 12.7. The second-order valence-corrected chi connectivity index (χ2v) is 8.32. The highest BCUT2D eigenvalue weighted by molar-refractivity contribution is 6.35. The molecule has 0 unspecified atom stereocenters. The number of nitrogens with zero attached hydrogens (tertiary/aromatic N) is 2. The molecule has 0 aliphatic heterocycles. The lowest BCUT2D eigenvalue weighted by atomic mass is 10.1. The minimum absolute atomic E-state index is 0.296. The largest absolute Gasteiger partial charge is 0.478 e. The van der Waals surface area contributed by atoms with Crippen molar-refractivity contribution in [3.63, 3.8) is 0 Å². The zero-order valence-corrected chi connectivity index (χ0v) is 22.1. The van der Waals surface area contributed by atoms with Gasteiger partial charge >= 0.3 is 23.8 Å². The molecule has 4 aromatic rings. The number of hydrogen-bond acceptors (Lipinski definition) is 6. The molecule has 2 aromatic heterocycles. The summed E-state index contributed by atoms with van der Waals surface area (Å²) in [5, 5.41) is 22.2. The summed E-state index contributed by atoms with van der Waals surface area (Å²) >= 11 is 0. The van der Waals surface area contributed by atoms with E-state index in [-0.39, 0.29) is 0 Å². The maximum atomic E-state index is 11.6. The number of nitrogens with one attached hydrogen (secondary N) is 2. The molecule has 2 aromatic carbocycles. The smallest absolute Gasteiger partial charge is 0.335 e. The van der Waals surface area contributed by atoms with Crippen LogP contribution >= 0.6 is 0 Å². The molecule has 0 radical (unpaired) electrons. The van der Waals surface area contributed by atoms with Gasteiger partial charge in [-0.3, -0.25) is 19.6 Å². The molecule has 0 saturated heterocycles. The minimum atomic E-state index is -0.863. The Hall–Kier alpha value is -5.38. The maximum absolute atomic E-state index is 11.6. The van der Waals surface area contributed by atoms with Gasteiger partial charge in [0.05, 0.1) is 11.1 Å². The van der Waals surface area contributed by atoms with Gasteiger partial charge in [-0.25, -0.2) is 9.59 Å². The van der Waals surface area contributed by atoms with E-state index in [0.29, 0.717) is 24.2 Å². The summed E-state index contributed by atoms with van der Waals surface area (Å²) in [6.45, 7) is 4.15. The van der Waals surface area contributed by atoms with E-state index in [1.165, 1.54) is 0 Å². The second-order valence-electron chi connectivity index (χ2n) is 8.32. The SMILES string of the molecule is Cc1ccccc1C(=O)O.Cc1ccccc1C(=O)O.O=C(NCc1ccncc1)C(=O)NCc1ccncc1. The zero-order valence-electron chi connectivity index (χ0n) is 22.1. The monoisotopic (exact) mass is 542 g/mol. The molecule has 206 valence electrons. The fourth-order valence-corrected chi connectivity index (χ4v) is 3.15. The maximum Gasteiger partial charge on any atom is 0.335 e. The van der Waals surface area contributed by atoms with Crippen molar-refractivity contribution in [2.75, 3.05) is 0 Å². The summed E-state index contributed by atoms with van der Waals surface area (Å²) in [5.74, 6) is -3.04. The second kappa shape index (κ2) is 16.5. The van der Waals surface area contributed by atoms with Gasteiger partial charge in [0.15, 0.2) is 0 Å². The van der Waals surface area contributed by atoms with Crippen LogP contribution in [0.15, 0.2) is 97.6 Å². The number of rotatable bonds is 6. The third-order valence-corrected chi connectivity index (χ3v) is 5.36. The summed E-state index contributed by atoms with van der Waals surface area (Å²) in [6.07, 6.45) is 6.52. The summed E-state index contributed by atoms with van der Waals surface area (Å²) in [4.78, 5) is 51.8. The molecule has 10 nitrogen and oxygen atoms in total. The zero-order chi connectivity index (χ0) is 29.3. The topological polar surface area (TPSA) is 159 Å². The first-order chi connectivity index (χ1) is 19.2. The van der Waals surface area contributed by atoms with Crippen molar-refractivity contribution in [3.8, 4) is 0 Å². The molecule has 0 spiro atoms. The predicted octanol–water partition coefficient (Wildman–Crippen LogP) is 3.80. The first kappa shape index (κ1) is 30.8. The number of carbonyl (C=O) groups excluding carboxylic acids is 2. The van der Waals surface area contributed by atoms with Gasteiger partial charge in [-0.1, -0.05) is 36.4 Å². The molecule has 4 N–H and O–H groups in total. The number of amides is 2. The predicted molar refractivity (Wildman–Crippen MR) is 148 cm³/mol. The van der Waals surface area contributed by atoms with Gasteiger partial charge in [0.25, 0.3) is 0 Å². The highest BCUT2D eigenvalue weighted by atomic mass is 16.4. The Labute approximate surface area is 231 Å². The normalized spacial score (nSPS) is 9.55. The van der Waals surface area contributed by atoms with Gasteiger partial charge in [0.2, 0.25) is 0 Å². The van der Waals surface area contributed by atoms with E-state index in [9.17, 15) is 19.2 Å². The van der Waals surface area contributed by atoms with Crippen LogP contribution in [0.4, 0.5) is 0 Å². The van der Waals surface area contributed by atoms with Crippen LogP contribution in [-0.4, -0.2) is 43.9 Å². The van der Waals surface area contributed by atoms with Gasteiger partial charge in [0.1, 0.15) is 0 Å². The fourth-order valence-electron chi connectivity index (χ4n) is 3.15. The molecule has 0 bridgehead atoms.